The van der Waals surface area contributed by atoms with Crippen LogP contribution in [0.2, 0.25) is 0 Å². The van der Waals surface area contributed by atoms with Gasteiger partial charge in [-0.15, -0.1) is 0 Å². The lowest BCUT2D eigenvalue weighted by molar-refractivity contribution is -0.116. The zero-order chi connectivity index (χ0) is 24.4. The second-order valence-corrected chi connectivity index (χ2v) is 9.21. The van der Waals surface area contributed by atoms with Crippen LogP contribution in [0.5, 0.6) is 5.75 Å². The van der Waals surface area contributed by atoms with Gasteiger partial charge in [0.15, 0.2) is 5.78 Å². The minimum Gasteiger partial charge on any atom is -0.497 e. The SMILES string of the molecule is CCN(CC)c1ccc([C@H]2Nc3ccccc3NC3=C2C(=O)C[C@@H](c2ccc(OC)cc2)C3)cc1. The van der Waals surface area contributed by atoms with Crippen molar-refractivity contribution < 1.29 is 9.53 Å². The van der Waals surface area contributed by atoms with Crippen molar-refractivity contribution in [1.29, 1.82) is 0 Å². The zero-order valence-electron chi connectivity index (χ0n) is 20.7. The van der Waals surface area contributed by atoms with E-state index in [0.29, 0.717) is 6.42 Å². The van der Waals surface area contributed by atoms with Crippen LogP contribution in [-0.4, -0.2) is 26.0 Å². The highest BCUT2D eigenvalue weighted by Gasteiger charge is 2.36. The predicted molar refractivity (Wildman–Crippen MR) is 143 cm³/mol. The number of carbonyl (C=O) groups excluding carboxylic acids is 1. The average molecular weight is 468 g/mol. The largest absolute Gasteiger partial charge is 0.497 e. The minimum absolute atomic E-state index is 0.135. The van der Waals surface area contributed by atoms with Crippen molar-refractivity contribution >= 4 is 22.8 Å². The highest BCUT2D eigenvalue weighted by molar-refractivity contribution is 6.01. The summed E-state index contributed by atoms with van der Waals surface area (Å²) in [5.41, 5.74) is 7.34. The number of anilines is 3. The van der Waals surface area contributed by atoms with Crippen molar-refractivity contribution in [3.63, 3.8) is 0 Å². The molecule has 3 aromatic carbocycles. The van der Waals surface area contributed by atoms with Crippen LogP contribution >= 0.6 is 0 Å². The minimum atomic E-state index is -0.198. The van der Waals surface area contributed by atoms with Crippen LogP contribution in [-0.2, 0) is 4.79 Å². The third-order valence-corrected chi connectivity index (χ3v) is 7.25. The van der Waals surface area contributed by atoms with Crippen LogP contribution in [0.1, 0.15) is 49.8 Å². The second-order valence-electron chi connectivity index (χ2n) is 9.21. The molecule has 0 saturated carbocycles. The molecule has 180 valence electrons. The van der Waals surface area contributed by atoms with Gasteiger partial charge in [-0.1, -0.05) is 36.4 Å². The molecule has 5 rings (SSSR count). The lowest BCUT2D eigenvalue weighted by atomic mass is 9.78. The lowest BCUT2D eigenvalue weighted by Crippen LogP contribution is -2.27. The molecule has 0 aromatic heterocycles. The molecule has 5 heteroatoms. The molecule has 5 nitrogen and oxygen atoms in total. The van der Waals surface area contributed by atoms with Gasteiger partial charge < -0.3 is 20.3 Å². The Balaban J connectivity index is 1.53. The number of rotatable bonds is 6. The monoisotopic (exact) mass is 467 g/mol. The summed E-state index contributed by atoms with van der Waals surface area (Å²) >= 11 is 0. The van der Waals surface area contributed by atoms with E-state index in [1.165, 1.54) is 5.69 Å². The fraction of sp³-hybridized carbons (Fsp3) is 0.300. The summed E-state index contributed by atoms with van der Waals surface area (Å²) in [5, 5.41) is 7.31. The number of para-hydroxylation sites is 2. The molecule has 35 heavy (non-hydrogen) atoms. The Morgan fingerprint density at radius 3 is 2.17 bits per heavy atom. The van der Waals surface area contributed by atoms with Crippen LogP contribution in [0, 0.1) is 0 Å². The first-order chi connectivity index (χ1) is 17.1. The summed E-state index contributed by atoms with van der Waals surface area (Å²) in [7, 11) is 1.67. The number of fused-ring (bicyclic) bond motifs is 1. The number of nitrogens with one attached hydrogen (secondary N) is 2. The van der Waals surface area contributed by atoms with Crippen molar-refractivity contribution in [1.82, 2.24) is 0 Å². The Bertz CT molecular complexity index is 1230. The van der Waals surface area contributed by atoms with Gasteiger partial charge in [-0.3, -0.25) is 4.79 Å². The van der Waals surface area contributed by atoms with Crippen LogP contribution in [0.3, 0.4) is 0 Å². The number of ketones is 1. The molecule has 0 radical (unpaired) electrons. The number of ether oxygens (including phenoxy) is 1. The summed E-state index contributed by atoms with van der Waals surface area (Å²) in [4.78, 5) is 16.1. The second kappa shape index (κ2) is 9.87. The van der Waals surface area contributed by atoms with Gasteiger partial charge in [0.25, 0.3) is 0 Å². The van der Waals surface area contributed by atoms with E-state index in [1.807, 2.05) is 24.3 Å². The van der Waals surface area contributed by atoms with E-state index in [0.717, 1.165) is 59.0 Å². The van der Waals surface area contributed by atoms with Crippen molar-refractivity contribution in [3.8, 4) is 5.75 Å². The summed E-state index contributed by atoms with van der Waals surface area (Å²) in [6.45, 7) is 6.28. The predicted octanol–water partition coefficient (Wildman–Crippen LogP) is 6.52. The first-order valence-electron chi connectivity index (χ1n) is 12.5. The first kappa shape index (κ1) is 23.0. The van der Waals surface area contributed by atoms with Gasteiger partial charge in [-0.25, -0.2) is 0 Å². The van der Waals surface area contributed by atoms with Crippen LogP contribution in [0.25, 0.3) is 0 Å². The van der Waals surface area contributed by atoms with Gasteiger partial charge in [-0.2, -0.15) is 0 Å². The Kier molecular flexibility index (Phi) is 6.49. The third kappa shape index (κ3) is 4.51. The number of benzene rings is 3. The standard InChI is InChI=1S/C30H33N3O2/c1-4-33(5-2)23-14-10-21(11-15-23)30-29-27(31-25-8-6-7-9-26(25)32-30)18-22(19-28(29)34)20-12-16-24(35-3)17-13-20/h6-17,22,30-32H,4-5,18-19H2,1-3H3/t22-,30+/m0/s1. The van der Waals surface area contributed by atoms with E-state index in [9.17, 15) is 4.79 Å². The Labute approximate surface area is 207 Å². The molecule has 1 aliphatic carbocycles. The van der Waals surface area contributed by atoms with E-state index >= 15 is 0 Å². The van der Waals surface area contributed by atoms with Gasteiger partial charge in [0.2, 0.25) is 0 Å². The fourth-order valence-electron chi connectivity index (χ4n) is 5.32. The Morgan fingerprint density at radius 2 is 1.51 bits per heavy atom. The highest BCUT2D eigenvalue weighted by atomic mass is 16.5. The van der Waals surface area contributed by atoms with E-state index in [1.54, 1.807) is 7.11 Å². The molecule has 3 aromatic rings. The number of hydrogen-bond donors (Lipinski definition) is 2. The molecule has 0 fully saturated rings. The molecule has 2 N–H and O–H groups in total. The highest BCUT2D eigenvalue weighted by Crippen LogP contribution is 2.44. The lowest BCUT2D eigenvalue weighted by Gasteiger charge is -2.30. The van der Waals surface area contributed by atoms with Gasteiger partial charge in [-0.05, 0) is 73.7 Å². The van der Waals surface area contributed by atoms with Crippen molar-refractivity contribution in [3.05, 3.63) is 95.2 Å². The van der Waals surface area contributed by atoms with E-state index in [4.69, 9.17) is 4.74 Å². The van der Waals surface area contributed by atoms with Gasteiger partial charge in [0.05, 0.1) is 24.5 Å². The molecule has 0 bridgehead atoms. The maximum atomic E-state index is 13.7. The molecule has 1 aliphatic heterocycles. The fourth-order valence-corrected chi connectivity index (χ4v) is 5.32. The smallest absolute Gasteiger partial charge is 0.163 e. The number of hydrogen-bond acceptors (Lipinski definition) is 5. The van der Waals surface area contributed by atoms with Gasteiger partial charge >= 0.3 is 0 Å². The quantitative estimate of drug-likeness (QED) is 0.432. The molecule has 0 spiro atoms. The molecule has 2 aliphatic rings. The van der Waals surface area contributed by atoms with Crippen LogP contribution < -0.4 is 20.3 Å². The summed E-state index contributed by atoms with van der Waals surface area (Å²) in [6, 6.07) is 24.8. The Hall–Kier alpha value is -3.73. The van der Waals surface area contributed by atoms with Gasteiger partial charge in [0.1, 0.15) is 5.75 Å². The number of carbonyl (C=O) groups is 1. The van der Waals surface area contributed by atoms with Crippen molar-refractivity contribution in [2.24, 2.45) is 0 Å². The summed E-state index contributed by atoms with van der Waals surface area (Å²) in [6.07, 6.45) is 1.29. The maximum Gasteiger partial charge on any atom is 0.163 e. The van der Waals surface area contributed by atoms with Crippen LogP contribution in [0.15, 0.2) is 84.1 Å². The molecule has 0 unspecified atom stereocenters. The van der Waals surface area contributed by atoms with E-state index < -0.39 is 0 Å². The Morgan fingerprint density at radius 1 is 0.857 bits per heavy atom. The van der Waals surface area contributed by atoms with E-state index in [2.05, 4.69) is 77.9 Å². The molecule has 0 amide bonds. The normalized spacial score (nSPS) is 19.1. The average Bonchev–Trinajstić information content (AvgIpc) is 3.07. The third-order valence-electron chi connectivity index (χ3n) is 7.25. The van der Waals surface area contributed by atoms with Crippen molar-refractivity contribution in [2.45, 2.75) is 38.6 Å². The summed E-state index contributed by atoms with van der Waals surface area (Å²) in [5.74, 6) is 1.16. The number of Topliss-reactive ketones (excluding diaryl/α,β-unsaturated/α-hetero) is 1. The number of methoxy groups -OCH3 is 1. The van der Waals surface area contributed by atoms with Gasteiger partial charge in [0, 0.05) is 36.5 Å². The topological polar surface area (TPSA) is 53.6 Å². The molecular weight excluding hydrogens is 434 g/mol. The number of allylic oxidation sites excluding steroid dienone is 1. The first-order valence-corrected chi connectivity index (χ1v) is 12.5. The molecule has 0 saturated heterocycles. The van der Waals surface area contributed by atoms with Crippen LogP contribution in [0.4, 0.5) is 17.1 Å². The summed E-state index contributed by atoms with van der Waals surface area (Å²) < 4.78 is 5.32. The zero-order valence-corrected chi connectivity index (χ0v) is 20.7. The van der Waals surface area contributed by atoms with Crippen molar-refractivity contribution in [2.75, 3.05) is 35.7 Å². The maximum absolute atomic E-state index is 13.7. The molecular formula is C30H33N3O2. The molecule has 1 heterocycles. The number of nitrogens with zero attached hydrogens (tertiary/aromatic N) is 1. The molecule has 2 atom stereocenters. The van der Waals surface area contributed by atoms with E-state index in [-0.39, 0.29) is 17.7 Å².